The molecule has 0 aliphatic carbocycles. The summed E-state index contributed by atoms with van der Waals surface area (Å²) in [5.74, 6) is -1.92. The van der Waals surface area contributed by atoms with E-state index < -0.39 is 23.7 Å². The Morgan fingerprint density at radius 2 is 1.59 bits per heavy atom. The molecule has 1 aliphatic heterocycles. The van der Waals surface area contributed by atoms with Crippen molar-refractivity contribution in [2.75, 3.05) is 12.0 Å². The number of methoxy groups -OCH3 is 1. The summed E-state index contributed by atoms with van der Waals surface area (Å²) >= 11 is 0. The average molecular weight is 502 g/mol. The summed E-state index contributed by atoms with van der Waals surface area (Å²) in [6, 6.07) is 19.0. The van der Waals surface area contributed by atoms with Crippen LogP contribution >= 0.6 is 0 Å². The number of Topliss-reactive ketones (excluding diaryl/α,β-unsaturated/α-hetero) is 1. The molecular formula is C29H27NO7. The van der Waals surface area contributed by atoms with Crippen LogP contribution in [-0.2, 0) is 20.8 Å². The Bertz CT molecular complexity index is 1360. The van der Waals surface area contributed by atoms with Crippen LogP contribution in [0.3, 0.4) is 0 Å². The lowest BCUT2D eigenvalue weighted by Crippen LogP contribution is -2.29. The average Bonchev–Trinajstić information content (AvgIpc) is 3.14. The highest BCUT2D eigenvalue weighted by molar-refractivity contribution is 6.51. The largest absolute Gasteiger partial charge is 0.507 e. The van der Waals surface area contributed by atoms with Crippen LogP contribution in [0, 0.1) is 0 Å². The Balaban J connectivity index is 1.86. The van der Waals surface area contributed by atoms with Gasteiger partial charge in [-0.15, -0.1) is 0 Å². The highest BCUT2D eigenvalue weighted by Gasteiger charge is 2.47. The number of anilines is 1. The monoisotopic (exact) mass is 501 g/mol. The fraction of sp³-hybridized carbons (Fsp3) is 0.207. The van der Waals surface area contributed by atoms with Crippen LogP contribution in [-0.4, -0.2) is 41.1 Å². The standard InChI is InChI=1S/C29H27NO7/c1-17(2)37-21-14-10-19(11-15-21)27(33)25-26(22-6-4-5-7-23(22)36-3)30(29(35)28(25)34)20-12-8-18(9-13-20)16-24(31)32/h4-15,17,26,33H,16H2,1-3H3,(H,31,32)/b27-25-. The fourth-order valence-electron chi connectivity index (χ4n) is 4.35. The smallest absolute Gasteiger partial charge is 0.307 e. The summed E-state index contributed by atoms with van der Waals surface area (Å²) < 4.78 is 11.2. The Labute approximate surface area is 214 Å². The van der Waals surface area contributed by atoms with Crippen LogP contribution in [0.4, 0.5) is 5.69 Å². The number of para-hydroxylation sites is 1. The first kappa shape index (κ1) is 25.5. The molecule has 0 radical (unpaired) electrons. The van der Waals surface area contributed by atoms with E-state index in [0.29, 0.717) is 33.9 Å². The lowest BCUT2D eigenvalue weighted by molar-refractivity contribution is -0.136. The van der Waals surface area contributed by atoms with Gasteiger partial charge in [0, 0.05) is 16.8 Å². The lowest BCUT2D eigenvalue weighted by atomic mass is 9.94. The van der Waals surface area contributed by atoms with Crippen molar-refractivity contribution in [1.82, 2.24) is 0 Å². The Kier molecular flexibility index (Phi) is 7.29. The summed E-state index contributed by atoms with van der Waals surface area (Å²) in [6.45, 7) is 3.80. The number of ketones is 1. The van der Waals surface area contributed by atoms with Crippen molar-refractivity contribution < 1.29 is 34.1 Å². The molecule has 190 valence electrons. The maximum Gasteiger partial charge on any atom is 0.307 e. The van der Waals surface area contributed by atoms with Gasteiger partial charge in [0.15, 0.2) is 0 Å². The highest BCUT2D eigenvalue weighted by atomic mass is 16.5. The molecule has 37 heavy (non-hydrogen) atoms. The number of benzene rings is 3. The molecule has 8 nitrogen and oxygen atoms in total. The second kappa shape index (κ2) is 10.6. The summed E-state index contributed by atoms with van der Waals surface area (Å²) in [7, 11) is 1.49. The number of carboxylic acids is 1. The van der Waals surface area contributed by atoms with E-state index in [-0.39, 0.29) is 23.9 Å². The van der Waals surface area contributed by atoms with Crippen LogP contribution < -0.4 is 14.4 Å². The molecule has 1 heterocycles. The van der Waals surface area contributed by atoms with Crippen molar-refractivity contribution in [1.29, 1.82) is 0 Å². The van der Waals surface area contributed by atoms with Gasteiger partial charge in [0.25, 0.3) is 11.7 Å². The van der Waals surface area contributed by atoms with Crippen molar-refractivity contribution in [3.63, 3.8) is 0 Å². The van der Waals surface area contributed by atoms with E-state index in [1.165, 1.54) is 12.0 Å². The van der Waals surface area contributed by atoms with Crippen LogP contribution in [0.15, 0.2) is 78.4 Å². The molecular weight excluding hydrogens is 474 g/mol. The van der Waals surface area contributed by atoms with Gasteiger partial charge in [-0.25, -0.2) is 0 Å². The van der Waals surface area contributed by atoms with Gasteiger partial charge >= 0.3 is 5.97 Å². The van der Waals surface area contributed by atoms with Crippen LogP contribution in [0.2, 0.25) is 0 Å². The van der Waals surface area contributed by atoms with Gasteiger partial charge in [0.2, 0.25) is 0 Å². The van der Waals surface area contributed by atoms with Crippen molar-refractivity contribution in [3.05, 3.63) is 95.1 Å². The Morgan fingerprint density at radius 3 is 2.19 bits per heavy atom. The first-order valence-corrected chi connectivity index (χ1v) is 11.7. The van der Waals surface area contributed by atoms with Crippen molar-refractivity contribution >= 4 is 29.1 Å². The van der Waals surface area contributed by atoms with Gasteiger partial charge in [-0.3, -0.25) is 19.3 Å². The number of rotatable bonds is 8. The number of hydrogen-bond acceptors (Lipinski definition) is 6. The molecule has 1 unspecified atom stereocenters. The minimum absolute atomic E-state index is 0.0304. The molecule has 3 aromatic rings. The predicted octanol–water partition coefficient (Wildman–Crippen LogP) is 4.74. The maximum absolute atomic E-state index is 13.4. The van der Waals surface area contributed by atoms with E-state index in [1.807, 2.05) is 13.8 Å². The van der Waals surface area contributed by atoms with E-state index in [0.717, 1.165) is 0 Å². The quantitative estimate of drug-likeness (QED) is 0.260. The number of aliphatic hydroxyl groups excluding tert-OH is 1. The molecule has 8 heteroatoms. The fourth-order valence-corrected chi connectivity index (χ4v) is 4.35. The number of carbonyl (C=O) groups is 3. The van der Waals surface area contributed by atoms with Gasteiger partial charge in [-0.2, -0.15) is 0 Å². The molecule has 1 atom stereocenters. The van der Waals surface area contributed by atoms with Gasteiger partial charge in [-0.1, -0.05) is 30.3 Å². The minimum atomic E-state index is -0.980. The number of carboxylic acid groups (broad SMARTS) is 1. The molecule has 1 amide bonds. The topological polar surface area (TPSA) is 113 Å². The zero-order valence-corrected chi connectivity index (χ0v) is 20.7. The summed E-state index contributed by atoms with van der Waals surface area (Å²) in [5, 5.41) is 20.4. The zero-order chi connectivity index (χ0) is 26.7. The lowest BCUT2D eigenvalue weighted by Gasteiger charge is -2.26. The number of hydrogen-bond donors (Lipinski definition) is 2. The zero-order valence-electron chi connectivity index (χ0n) is 20.7. The third-order valence-electron chi connectivity index (χ3n) is 5.95. The molecule has 0 bridgehead atoms. The van der Waals surface area contributed by atoms with Crippen LogP contribution in [0.1, 0.15) is 36.6 Å². The minimum Gasteiger partial charge on any atom is -0.507 e. The van der Waals surface area contributed by atoms with Crippen molar-refractivity contribution in [2.24, 2.45) is 0 Å². The Morgan fingerprint density at radius 1 is 0.946 bits per heavy atom. The molecule has 0 saturated carbocycles. The first-order chi connectivity index (χ1) is 17.7. The van der Waals surface area contributed by atoms with Gasteiger partial charge in [0.1, 0.15) is 17.3 Å². The molecule has 1 saturated heterocycles. The molecule has 0 aromatic heterocycles. The summed E-state index contributed by atoms with van der Waals surface area (Å²) in [6.07, 6.45) is -0.205. The van der Waals surface area contributed by atoms with Crippen molar-refractivity contribution in [2.45, 2.75) is 32.4 Å². The molecule has 1 fully saturated rings. The van der Waals surface area contributed by atoms with E-state index in [2.05, 4.69) is 0 Å². The summed E-state index contributed by atoms with van der Waals surface area (Å²) in [4.78, 5) is 39.1. The van der Waals surface area contributed by atoms with Gasteiger partial charge in [-0.05, 0) is 61.9 Å². The predicted molar refractivity (Wildman–Crippen MR) is 138 cm³/mol. The number of ether oxygens (including phenoxy) is 2. The van der Waals surface area contributed by atoms with Crippen LogP contribution in [0.25, 0.3) is 5.76 Å². The number of amides is 1. The second-order valence-corrected chi connectivity index (χ2v) is 8.84. The van der Waals surface area contributed by atoms with Crippen molar-refractivity contribution in [3.8, 4) is 11.5 Å². The van der Waals surface area contributed by atoms with E-state index in [9.17, 15) is 19.5 Å². The van der Waals surface area contributed by atoms with Crippen LogP contribution in [0.5, 0.6) is 11.5 Å². The summed E-state index contributed by atoms with van der Waals surface area (Å²) in [5.41, 5.74) is 1.71. The third kappa shape index (κ3) is 5.18. The van der Waals surface area contributed by atoms with E-state index in [1.54, 1.807) is 72.8 Å². The first-order valence-electron chi connectivity index (χ1n) is 11.7. The molecule has 4 rings (SSSR count). The number of carbonyl (C=O) groups excluding carboxylic acids is 2. The second-order valence-electron chi connectivity index (χ2n) is 8.84. The molecule has 1 aliphatic rings. The van der Waals surface area contributed by atoms with E-state index >= 15 is 0 Å². The SMILES string of the molecule is COc1ccccc1C1/C(=C(/O)c2ccc(OC(C)C)cc2)C(=O)C(=O)N1c1ccc(CC(=O)O)cc1. The molecule has 2 N–H and O–H groups in total. The molecule has 0 spiro atoms. The number of aliphatic carboxylic acids is 1. The van der Waals surface area contributed by atoms with E-state index in [4.69, 9.17) is 14.6 Å². The normalized spacial score (nSPS) is 16.8. The number of aliphatic hydroxyl groups is 1. The highest BCUT2D eigenvalue weighted by Crippen LogP contribution is 2.45. The maximum atomic E-state index is 13.4. The van der Waals surface area contributed by atoms with Gasteiger partial charge < -0.3 is 19.7 Å². The van der Waals surface area contributed by atoms with Gasteiger partial charge in [0.05, 0.1) is 31.2 Å². The number of nitrogens with zero attached hydrogens (tertiary/aromatic N) is 1. The third-order valence-corrected chi connectivity index (χ3v) is 5.95. The molecule has 3 aromatic carbocycles. The Hall–Kier alpha value is -4.59.